The summed E-state index contributed by atoms with van der Waals surface area (Å²) < 4.78 is 10.3. The fourth-order valence-corrected chi connectivity index (χ4v) is 2.24. The standard InChI is InChI=1S/C18H15N3O4/c1-24-13-7-4-6-12(9-13)17(22)21-20-16(19)14-10-11-5-2-3-8-15(11)25-18(14)23/h2-10H,1H3,(H2,19,20)(H,21,22). The van der Waals surface area contributed by atoms with E-state index in [1.165, 1.54) is 7.11 Å². The number of amides is 1. The van der Waals surface area contributed by atoms with Crippen molar-refractivity contribution in [2.24, 2.45) is 10.8 Å². The summed E-state index contributed by atoms with van der Waals surface area (Å²) in [4.78, 5) is 24.1. The average Bonchev–Trinajstić information content (AvgIpc) is 2.65. The van der Waals surface area contributed by atoms with Crippen molar-refractivity contribution < 1.29 is 13.9 Å². The Morgan fingerprint density at radius 1 is 1.16 bits per heavy atom. The largest absolute Gasteiger partial charge is 0.497 e. The third kappa shape index (κ3) is 3.50. The van der Waals surface area contributed by atoms with E-state index in [-0.39, 0.29) is 11.4 Å². The van der Waals surface area contributed by atoms with Crippen LogP contribution in [-0.2, 0) is 0 Å². The molecule has 0 saturated heterocycles. The number of nitrogens with two attached hydrogens (primary N) is 1. The van der Waals surface area contributed by atoms with Gasteiger partial charge in [0, 0.05) is 10.9 Å². The van der Waals surface area contributed by atoms with E-state index in [2.05, 4.69) is 10.5 Å². The van der Waals surface area contributed by atoms with Gasteiger partial charge in [0.05, 0.1) is 7.11 Å². The summed E-state index contributed by atoms with van der Waals surface area (Å²) in [6, 6.07) is 15.2. The van der Waals surface area contributed by atoms with E-state index in [0.717, 1.165) is 0 Å². The minimum absolute atomic E-state index is 0.0737. The molecule has 0 aliphatic carbocycles. The zero-order valence-electron chi connectivity index (χ0n) is 13.4. The number of ether oxygens (including phenoxy) is 1. The number of hydrazone groups is 1. The second-order valence-electron chi connectivity index (χ2n) is 5.16. The lowest BCUT2D eigenvalue weighted by Crippen LogP contribution is -2.27. The fraction of sp³-hybridized carbons (Fsp3) is 0.0556. The van der Waals surface area contributed by atoms with Gasteiger partial charge in [-0.25, -0.2) is 10.2 Å². The molecule has 1 aromatic heterocycles. The molecule has 2 aromatic carbocycles. The van der Waals surface area contributed by atoms with Crippen molar-refractivity contribution in [1.82, 2.24) is 5.43 Å². The van der Waals surface area contributed by atoms with E-state index in [4.69, 9.17) is 14.9 Å². The van der Waals surface area contributed by atoms with Gasteiger partial charge in [0.15, 0.2) is 5.84 Å². The summed E-state index contributed by atoms with van der Waals surface area (Å²) in [5, 5.41) is 4.49. The van der Waals surface area contributed by atoms with Gasteiger partial charge >= 0.3 is 5.63 Å². The first-order valence-electron chi connectivity index (χ1n) is 7.39. The van der Waals surface area contributed by atoms with E-state index >= 15 is 0 Å². The molecule has 0 bridgehead atoms. The van der Waals surface area contributed by atoms with Crippen LogP contribution in [-0.4, -0.2) is 18.9 Å². The van der Waals surface area contributed by atoms with Crippen LogP contribution in [0.15, 0.2) is 68.9 Å². The van der Waals surface area contributed by atoms with E-state index in [1.54, 1.807) is 48.5 Å². The van der Waals surface area contributed by atoms with E-state index in [0.29, 0.717) is 22.3 Å². The van der Waals surface area contributed by atoms with Gasteiger partial charge in [0.25, 0.3) is 5.91 Å². The third-order valence-corrected chi connectivity index (χ3v) is 3.53. The molecular weight excluding hydrogens is 322 g/mol. The van der Waals surface area contributed by atoms with Gasteiger partial charge in [0.2, 0.25) is 0 Å². The summed E-state index contributed by atoms with van der Waals surface area (Å²) in [6.45, 7) is 0. The number of nitrogens with one attached hydrogen (secondary N) is 1. The predicted octanol–water partition coefficient (Wildman–Crippen LogP) is 1.85. The molecule has 0 unspecified atom stereocenters. The van der Waals surface area contributed by atoms with Gasteiger partial charge in [-0.2, -0.15) is 5.10 Å². The Labute approximate surface area is 142 Å². The Hall–Kier alpha value is -3.61. The average molecular weight is 337 g/mol. The molecular formula is C18H15N3O4. The Morgan fingerprint density at radius 2 is 1.96 bits per heavy atom. The molecule has 3 rings (SSSR count). The minimum Gasteiger partial charge on any atom is -0.497 e. The van der Waals surface area contributed by atoms with Crippen molar-refractivity contribution in [2.75, 3.05) is 7.11 Å². The number of amidine groups is 1. The van der Waals surface area contributed by atoms with Crippen molar-refractivity contribution in [1.29, 1.82) is 0 Å². The number of hydrogen-bond donors (Lipinski definition) is 2. The Morgan fingerprint density at radius 3 is 2.76 bits per heavy atom. The zero-order chi connectivity index (χ0) is 17.8. The topological polar surface area (TPSA) is 107 Å². The SMILES string of the molecule is COc1cccc(C(=O)NN=C(N)c2cc3ccccc3oc2=O)c1. The number of nitrogens with zero attached hydrogens (tertiary/aromatic N) is 1. The number of hydrogen-bond acceptors (Lipinski definition) is 5. The molecule has 7 heteroatoms. The molecule has 0 fully saturated rings. The Kier molecular flexibility index (Phi) is 4.47. The summed E-state index contributed by atoms with van der Waals surface area (Å²) in [5.41, 5.74) is 8.37. The van der Waals surface area contributed by atoms with Crippen LogP contribution in [0.4, 0.5) is 0 Å². The lowest BCUT2D eigenvalue weighted by molar-refractivity contribution is 0.0954. The summed E-state index contributed by atoms with van der Waals surface area (Å²) in [5.74, 6) is -0.0810. The molecule has 1 amide bonds. The fourth-order valence-electron chi connectivity index (χ4n) is 2.24. The predicted molar refractivity (Wildman–Crippen MR) is 93.7 cm³/mol. The van der Waals surface area contributed by atoms with Crippen molar-refractivity contribution in [2.45, 2.75) is 0 Å². The summed E-state index contributed by atoms with van der Waals surface area (Å²) in [6.07, 6.45) is 0. The molecule has 1 heterocycles. The summed E-state index contributed by atoms with van der Waals surface area (Å²) >= 11 is 0. The monoisotopic (exact) mass is 337 g/mol. The molecule has 7 nitrogen and oxygen atoms in total. The molecule has 3 aromatic rings. The number of methoxy groups -OCH3 is 1. The maximum atomic E-state index is 12.1. The van der Waals surface area contributed by atoms with E-state index in [9.17, 15) is 9.59 Å². The smallest absolute Gasteiger partial charge is 0.347 e. The number of fused-ring (bicyclic) bond motifs is 1. The van der Waals surface area contributed by atoms with Gasteiger partial charge in [-0.1, -0.05) is 24.3 Å². The third-order valence-electron chi connectivity index (χ3n) is 3.53. The van der Waals surface area contributed by atoms with Crippen LogP contribution >= 0.6 is 0 Å². The Balaban J connectivity index is 1.85. The van der Waals surface area contributed by atoms with E-state index in [1.807, 2.05) is 6.07 Å². The van der Waals surface area contributed by atoms with Crippen LogP contribution in [0.25, 0.3) is 11.0 Å². The van der Waals surface area contributed by atoms with Crippen LogP contribution in [0.2, 0.25) is 0 Å². The Bertz CT molecular complexity index is 1020. The normalized spacial score (nSPS) is 11.3. The second-order valence-corrected chi connectivity index (χ2v) is 5.16. The molecule has 126 valence electrons. The van der Waals surface area contributed by atoms with Crippen molar-refractivity contribution in [3.63, 3.8) is 0 Å². The zero-order valence-corrected chi connectivity index (χ0v) is 13.4. The maximum Gasteiger partial charge on any atom is 0.347 e. The number of para-hydroxylation sites is 1. The highest BCUT2D eigenvalue weighted by Crippen LogP contribution is 2.13. The highest BCUT2D eigenvalue weighted by atomic mass is 16.5. The molecule has 0 radical (unpaired) electrons. The lowest BCUT2D eigenvalue weighted by atomic mass is 10.2. The molecule has 0 saturated carbocycles. The quantitative estimate of drug-likeness (QED) is 0.327. The van der Waals surface area contributed by atoms with Gasteiger partial charge in [0.1, 0.15) is 16.9 Å². The van der Waals surface area contributed by atoms with Crippen LogP contribution in [0, 0.1) is 0 Å². The molecule has 0 aliphatic rings. The first-order chi connectivity index (χ1) is 12.1. The van der Waals surface area contributed by atoms with Gasteiger partial charge < -0.3 is 14.9 Å². The lowest BCUT2D eigenvalue weighted by Gasteiger charge is -2.05. The van der Waals surface area contributed by atoms with Gasteiger partial charge in [-0.15, -0.1) is 0 Å². The number of carbonyl (C=O) groups excluding carboxylic acids is 1. The second kappa shape index (κ2) is 6.88. The number of carbonyl (C=O) groups is 1. The van der Waals surface area contributed by atoms with Crippen LogP contribution in [0.1, 0.15) is 15.9 Å². The molecule has 25 heavy (non-hydrogen) atoms. The van der Waals surface area contributed by atoms with Crippen molar-refractivity contribution >= 4 is 22.7 Å². The number of benzene rings is 2. The molecule has 3 N–H and O–H groups in total. The van der Waals surface area contributed by atoms with Crippen LogP contribution in [0.5, 0.6) is 5.75 Å². The highest BCUT2D eigenvalue weighted by Gasteiger charge is 2.11. The van der Waals surface area contributed by atoms with Gasteiger partial charge in [-0.05, 0) is 30.3 Å². The van der Waals surface area contributed by atoms with Crippen molar-refractivity contribution in [3.05, 3.63) is 76.1 Å². The summed E-state index contributed by atoms with van der Waals surface area (Å²) in [7, 11) is 1.51. The van der Waals surface area contributed by atoms with Crippen LogP contribution in [0.3, 0.4) is 0 Å². The molecule has 0 spiro atoms. The first kappa shape index (κ1) is 16.3. The van der Waals surface area contributed by atoms with E-state index < -0.39 is 11.5 Å². The minimum atomic E-state index is -0.629. The van der Waals surface area contributed by atoms with Crippen molar-refractivity contribution in [3.8, 4) is 5.75 Å². The maximum absolute atomic E-state index is 12.1. The van der Waals surface area contributed by atoms with Crippen LogP contribution < -0.4 is 21.5 Å². The first-order valence-corrected chi connectivity index (χ1v) is 7.39. The molecule has 0 aliphatic heterocycles. The highest BCUT2D eigenvalue weighted by molar-refractivity contribution is 6.01. The molecule has 0 atom stereocenters. The number of rotatable bonds is 4. The van der Waals surface area contributed by atoms with Gasteiger partial charge in [-0.3, -0.25) is 4.79 Å².